The van der Waals surface area contributed by atoms with Crippen LogP contribution in [0.3, 0.4) is 0 Å². The van der Waals surface area contributed by atoms with E-state index < -0.39 is 0 Å². The Bertz CT molecular complexity index is 349. The van der Waals surface area contributed by atoms with Gasteiger partial charge in [0, 0.05) is 9.61 Å². The van der Waals surface area contributed by atoms with Gasteiger partial charge in [-0.25, -0.2) is 0 Å². The van der Waals surface area contributed by atoms with Crippen molar-refractivity contribution in [2.24, 2.45) is 0 Å². The average molecular weight is 359 g/mol. The molecule has 18 heavy (non-hydrogen) atoms. The van der Waals surface area contributed by atoms with Gasteiger partial charge in [-0.1, -0.05) is 51.3 Å². The van der Waals surface area contributed by atoms with Crippen LogP contribution in [0.4, 0.5) is 0 Å². The second kappa shape index (κ2) is 8.92. The van der Waals surface area contributed by atoms with Crippen LogP contribution in [0.1, 0.15) is 63.1 Å². The Morgan fingerprint density at radius 2 is 1.94 bits per heavy atom. The molecule has 0 heterocycles. The Hall–Kier alpha value is -0.0900. The smallest absolute Gasteiger partial charge is 0.0330 e. The zero-order valence-corrected chi connectivity index (χ0v) is 14.1. The highest BCUT2D eigenvalue weighted by Gasteiger charge is 2.14. The molecule has 1 atom stereocenters. The highest BCUT2D eigenvalue weighted by molar-refractivity contribution is 14.1. The van der Waals surface area contributed by atoms with Crippen molar-refractivity contribution in [2.45, 2.75) is 58.9 Å². The first-order valence-corrected chi connectivity index (χ1v) is 8.27. The highest BCUT2D eigenvalue weighted by atomic mass is 127. The second-order valence-electron chi connectivity index (χ2n) is 4.98. The van der Waals surface area contributed by atoms with Crippen LogP contribution in [-0.4, -0.2) is 6.54 Å². The maximum Gasteiger partial charge on any atom is 0.0330 e. The molecule has 0 radical (unpaired) electrons. The Labute approximate surface area is 126 Å². The van der Waals surface area contributed by atoms with E-state index in [1.54, 1.807) is 0 Å². The standard InChI is InChI=1S/C16H26IN/c1-4-6-7-11-15(18-12-5-2)14-10-8-9-13(3)16(14)17/h8-10,15,18H,4-7,11-12H2,1-3H3. The number of halogens is 1. The van der Waals surface area contributed by atoms with Crippen LogP contribution >= 0.6 is 22.6 Å². The minimum absolute atomic E-state index is 0.531. The number of rotatable bonds is 8. The van der Waals surface area contributed by atoms with Gasteiger partial charge in [0.05, 0.1) is 0 Å². The molecule has 1 unspecified atom stereocenters. The summed E-state index contributed by atoms with van der Waals surface area (Å²) in [5.74, 6) is 0. The zero-order valence-electron chi connectivity index (χ0n) is 11.9. The molecule has 1 rings (SSSR count). The molecule has 2 heteroatoms. The lowest BCUT2D eigenvalue weighted by Crippen LogP contribution is -2.23. The van der Waals surface area contributed by atoms with Crippen LogP contribution in [-0.2, 0) is 0 Å². The molecule has 1 aromatic carbocycles. The van der Waals surface area contributed by atoms with Gasteiger partial charge in [0.25, 0.3) is 0 Å². The van der Waals surface area contributed by atoms with Crippen LogP contribution in [0.15, 0.2) is 18.2 Å². The number of benzene rings is 1. The van der Waals surface area contributed by atoms with Gasteiger partial charge in [-0.05, 0) is 60.0 Å². The van der Waals surface area contributed by atoms with Crippen LogP contribution in [0.2, 0.25) is 0 Å². The zero-order chi connectivity index (χ0) is 13.4. The van der Waals surface area contributed by atoms with Crippen molar-refractivity contribution in [3.63, 3.8) is 0 Å². The first-order chi connectivity index (χ1) is 8.70. The molecule has 0 spiro atoms. The van der Waals surface area contributed by atoms with E-state index in [2.05, 4.69) is 66.9 Å². The second-order valence-corrected chi connectivity index (χ2v) is 6.06. The van der Waals surface area contributed by atoms with Gasteiger partial charge in [0.2, 0.25) is 0 Å². The van der Waals surface area contributed by atoms with Crippen molar-refractivity contribution in [1.29, 1.82) is 0 Å². The molecule has 1 nitrogen and oxygen atoms in total. The van der Waals surface area contributed by atoms with E-state index in [0.29, 0.717) is 6.04 Å². The molecule has 1 N–H and O–H groups in total. The molecule has 0 aromatic heterocycles. The first kappa shape index (κ1) is 16.0. The topological polar surface area (TPSA) is 12.0 Å². The fourth-order valence-electron chi connectivity index (χ4n) is 2.22. The van der Waals surface area contributed by atoms with Crippen molar-refractivity contribution in [3.05, 3.63) is 32.9 Å². The van der Waals surface area contributed by atoms with Gasteiger partial charge in [0.15, 0.2) is 0 Å². The lowest BCUT2D eigenvalue weighted by atomic mass is 9.99. The predicted octanol–water partition coefficient (Wildman–Crippen LogP) is 5.22. The maximum absolute atomic E-state index is 3.71. The molecule has 0 fully saturated rings. The van der Waals surface area contributed by atoms with Crippen molar-refractivity contribution in [1.82, 2.24) is 5.32 Å². The summed E-state index contributed by atoms with van der Waals surface area (Å²) in [5.41, 5.74) is 2.88. The molecular weight excluding hydrogens is 333 g/mol. The molecule has 102 valence electrons. The average Bonchev–Trinajstić information content (AvgIpc) is 2.37. The van der Waals surface area contributed by atoms with Crippen molar-refractivity contribution < 1.29 is 0 Å². The molecule has 0 aliphatic carbocycles. The van der Waals surface area contributed by atoms with Crippen LogP contribution in [0.25, 0.3) is 0 Å². The largest absolute Gasteiger partial charge is 0.310 e. The summed E-state index contributed by atoms with van der Waals surface area (Å²) in [5, 5.41) is 3.71. The monoisotopic (exact) mass is 359 g/mol. The van der Waals surface area contributed by atoms with Gasteiger partial charge >= 0.3 is 0 Å². The normalized spacial score (nSPS) is 12.7. The minimum atomic E-state index is 0.531. The van der Waals surface area contributed by atoms with Gasteiger partial charge in [-0.3, -0.25) is 0 Å². The van der Waals surface area contributed by atoms with Gasteiger partial charge in [-0.2, -0.15) is 0 Å². The quantitative estimate of drug-likeness (QED) is 0.496. The van der Waals surface area contributed by atoms with E-state index in [4.69, 9.17) is 0 Å². The molecule has 0 saturated carbocycles. The first-order valence-electron chi connectivity index (χ1n) is 7.19. The Morgan fingerprint density at radius 1 is 1.17 bits per heavy atom. The fourth-order valence-corrected chi connectivity index (χ4v) is 2.96. The molecule has 0 aliphatic rings. The summed E-state index contributed by atoms with van der Waals surface area (Å²) in [7, 11) is 0. The summed E-state index contributed by atoms with van der Waals surface area (Å²) in [6, 6.07) is 7.21. The summed E-state index contributed by atoms with van der Waals surface area (Å²) in [4.78, 5) is 0. The van der Waals surface area contributed by atoms with E-state index in [1.807, 2.05) is 0 Å². The lowest BCUT2D eigenvalue weighted by molar-refractivity contribution is 0.473. The molecule has 0 aliphatic heterocycles. The molecule has 0 bridgehead atoms. The van der Waals surface area contributed by atoms with Crippen LogP contribution < -0.4 is 5.32 Å². The van der Waals surface area contributed by atoms with E-state index >= 15 is 0 Å². The summed E-state index contributed by atoms with van der Waals surface area (Å²) >= 11 is 2.49. The van der Waals surface area contributed by atoms with E-state index in [0.717, 1.165) is 6.54 Å². The number of hydrogen-bond donors (Lipinski definition) is 1. The Balaban J connectivity index is 2.76. The van der Waals surface area contributed by atoms with E-state index in [9.17, 15) is 0 Å². The number of hydrogen-bond acceptors (Lipinski definition) is 1. The maximum atomic E-state index is 3.71. The van der Waals surface area contributed by atoms with Gasteiger partial charge < -0.3 is 5.32 Å². The number of nitrogens with one attached hydrogen (secondary N) is 1. The van der Waals surface area contributed by atoms with Crippen LogP contribution in [0.5, 0.6) is 0 Å². The van der Waals surface area contributed by atoms with E-state index in [-0.39, 0.29) is 0 Å². The third-order valence-electron chi connectivity index (χ3n) is 3.33. The third-order valence-corrected chi connectivity index (χ3v) is 4.81. The van der Waals surface area contributed by atoms with Crippen molar-refractivity contribution in [3.8, 4) is 0 Å². The highest BCUT2D eigenvalue weighted by Crippen LogP contribution is 2.26. The lowest BCUT2D eigenvalue weighted by Gasteiger charge is -2.21. The molecule has 1 aromatic rings. The van der Waals surface area contributed by atoms with Crippen LogP contribution in [0, 0.1) is 10.5 Å². The number of unbranched alkanes of at least 4 members (excludes halogenated alkanes) is 2. The van der Waals surface area contributed by atoms with Gasteiger partial charge in [0.1, 0.15) is 0 Å². The summed E-state index contributed by atoms with van der Waals surface area (Å²) in [6.45, 7) is 7.82. The Morgan fingerprint density at radius 3 is 2.61 bits per heavy atom. The summed E-state index contributed by atoms with van der Waals surface area (Å²) in [6.07, 6.45) is 6.42. The fraction of sp³-hybridized carbons (Fsp3) is 0.625. The van der Waals surface area contributed by atoms with E-state index in [1.165, 1.54) is 46.8 Å². The van der Waals surface area contributed by atoms with Crippen molar-refractivity contribution in [2.75, 3.05) is 6.54 Å². The Kier molecular flexibility index (Phi) is 7.91. The third kappa shape index (κ3) is 4.88. The minimum Gasteiger partial charge on any atom is -0.310 e. The van der Waals surface area contributed by atoms with Crippen molar-refractivity contribution >= 4 is 22.6 Å². The predicted molar refractivity (Wildman–Crippen MR) is 89.1 cm³/mol. The molecule has 0 saturated heterocycles. The number of aryl methyl sites for hydroxylation is 1. The molecular formula is C16H26IN. The SMILES string of the molecule is CCCCCC(NCCC)c1cccc(C)c1I. The summed E-state index contributed by atoms with van der Waals surface area (Å²) < 4.78 is 1.43. The molecule has 0 amide bonds. The van der Waals surface area contributed by atoms with Gasteiger partial charge in [-0.15, -0.1) is 0 Å².